The molecule has 4 rings (SSSR count). The van der Waals surface area contributed by atoms with Crippen LogP contribution in [0.1, 0.15) is 24.0 Å². The van der Waals surface area contributed by atoms with Crippen molar-refractivity contribution in [1.29, 1.82) is 0 Å². The first-order chi connectivity index (χ1) is 16.1. The summed E-state index contributed by atoms with van der Waals surface area (Å²) in [6.45, 7) is 4.56. The number of amides is 1. The molecular weight excluding hydrogens is 476 g/mol. The zero-order valence-electron chi connectivity index (χ0n) is 19.1. The summed E-state index contributed by atoms with van der Waals surface area (Å²) in [5.41, 5.74) is 5.06. The summed E-state index contributed by atoms with van der Waals surface area (Å²) in [4.78, 5) is 13.0. The highest BCUT2D eigenvalue weighted by Gasteiger charge is 2.35. The molecule has 34 heavy (non-hydrogen) atoms. The number of hydrogen-bond acceptors (Lipinski definition) is 6. The maximum absolute atomic E-state index is 12.8. The minimum Gasteiger partial charge on any atom is -0.273 e. The highest BCUT2D eigenvalue weighted by Crippen LogP contribution is 2.25. The Labute approximate surface area is 200 Å². The topological polar surface area (TPSA) is 116 Å². The summed E-state index contributed by atoms with van der Waals surface area (Å²) >= 11 is 0. The van der Waals surface area contributed by atoms with Crippen LogP contribution in [0.15, 0.2) is 63.4 Å². The van der Waals surface area contributed by atoms with Crippen molar-refractivity contribution in [3.05, 3.63) is 59.7 Å². The summed E-state index contributed by atoms with van der Waals surface area (Å²) in [7, 11) is -7.16. The van der Waals surface area contributed by atoms with E-state index < -0.39 is 20.0 Å². The van der Waals surface area contributed by atoms with E-state index in [9.17, 15) is 21.6 Å². The number of hydrazone groups is 1. The van der Waals surface area contributed by atoms with E-state index in [1.54, 1.807) is 48.5 Å². The normalized spacial score (nSPS) is 18.4. The zero-order chi connectivity index (χ0) is 24.5. The van der Waals surface area contributed by atoms with Crippen LogP contribution in [0, 0.1) is 19.8 Å². The van der Waals surface area contributed by atoms with Gasteiger partial charge in [-0.1, -0.05) is 35.4 Å². The van der Waals surface area contributed by atoms with Crippen LogP contribution in [-0.4, -0.2) is 63.2 Å². The van der Waals surface area contributed by atoms with E-state index >= 15 is 0 Å². The largest absolute Gasteiger partial charge is 0.273 e. The molecule has 2 heterocycles. The van der Waals surface area contributed by atoms with Crippen LogP contribution in [-0.2, 0) is 24.8 Å². The first-order valence-electron chi connectivity index (χ1n) is 11.1. The number of benzene rings is 2. The Hall–Kier alpha value is -2.60. The minimum atomic E-state index is -3.58. The molecule has 9 nitrogen and oxygen atoms in total. The molecule has 2 aliphatic rings. The molecule has 0 radical (unpaired) electrons. The lowest BCUT2D eigenvalue weighted by Crippen LogP contribution is -2.51. The quantitative estimate of drug-likeness (QED) is 0.603. The summed E-state index contributed by atoms with van der Waals surface area (Å²) < 4.78 is 53.6. The number of nitrogens with one attached hydrogen (secondary N) is 1. The van der Waals surface area contributed by atoms with Crippen molar-refractivity contribution in [2.45, 2.75) is 36.5 Å². The Morgan fingerprint density at radius 3 is 1.71 bits per heavy atom. The number of nitrogens with zero attached hydrogens (tertiary/aromatic N) is 3. The van der Waals surface area contributed by atoms with E-state index in [-0.39, 0.29) is 47.8 Å². The van der Waals surface area contributed by atoms with Gasteiger partial charge in [0.15, 0.2) is 0 Å². The molecule has 2 aromatic carbocycles. The second-order valence-corrected chi connectivity index (χ2v) is 12.6. The van der Waals surface area contributed by atoms with Gasteiger partial charge >= 0.3 is 0 Å². The van der Waals surface area contributed by atoms with Crippen molar-refractivity contribution in [2.75, 3.05) is 26.2 Å². The van der Waals surface area contributed by atoms with Crippen molar-refractivity contribution >= 4 is 31.7 Å². The monoisotopic (exact) mass is 504 g/mol. The van der Waals surface area contributed by atoms with Crippen LogP contribution in [0.5, 0.6) is 0 Å². The Balaban J connectivity index is 1.27. The van der Waals surface area contributed by atoms with E-state index in [2.05, 4.69) is 10.5 Å². The number of hydrogen-bond donors (Lipinski definition) is 1. The predicted octanol–water partition coefficient (Wildman–Crippen LogP) is 1.88. The lowest BCUT2D eigenvalue weighted by molar-refractivity contribution is -0.126. The first-order valence-corrected chi connectivity index (χ1v) is 13.9. The molecule has 182 valence electrons. The molecule has 1 amide bonds. The van der Waals surface area contributed by atoms with Gasteiger partial charge in [0.2, 0.25) is 26.0 Å². The fraction of sp³-hybridized carbons (Fsp3) is 0.391. The van der Waals surface area contributed by atoms with Gasteiger partial charge < -0.3 is 0 Å². The van der Waals surface area contributed by atoms with Crippen LogP contribution in [0.2, 0.25) is 0 Å². The third kappa shape index (κ3) is 5.07. The van der Waals surface area contributed by atoms with E-state index in [1.165, 1.54) is 8.61 Å². The lowest BCUT2D eigenvalue weighted by atomic mass is 9.98. The van der Waals surface area contributed by atoms with Crippen molar-refractivity contribution in [2.24, 2.45) is 11.0 Å². The summed E-state index contributed by atoms with van der Waals surface area (Å²) in [5, 5.41) is 4.08. The smallest absolute Gasteiger partial charge is 0.243 e. The molecule has 0 bridgehead atoms. The van der Waals surface area contributed by atoms with Crippen molar-refractivity contribution in [3.8, 4) is 0 Å². The minimum absolute atomic E-state index is 0.129. The zero-order valence-corrected chi connectivity index (χ0v) is 20.8. The maximum Gasteiger partial charge on any atom is 0.243 e. The number of sulfonamides is 2. The molecule has 2 saturated heterocycles. The van der Waals surface area contributed by atoms with E-state index in [4.69, 9.17) is 0 Å². The summed E-state index contributed by atoms with van der Waals surface area (Å²) in [6.07, 6.45) is 0.797. The molecule has 2 aliphatic heterocycles. The van der Waals surface area contributed by atoms with Crippen molar-refractivity contribution < 1.29 is 21.6 Å². The second kappa shape index (κ2) is 9.57. The van der Waals surface area contributed by atoms with Crippen LogP contribution in [0.4, 0.5) is 0 Å². The van der Waals surface area contributed by atoms with Gasteiger partial charge in [0.25, 0.3) is 0 Å². The fourth-order valence-corrected chi connectivity index (χ4v) is 6.79. The molecule has 0 atom stereocenters. The second-order valence-electron chi connectivity index (χ2n) is 8.73. The van der Waals surface area contributed by atoms with Crippen LogP contribution >= 0.6 is 0 Å². The molecule has 11 heteroatoms. The Morgan fingerprint density at radius 2 is 1.24 bits per heavy atom. The molecular formula is C23H28N4O5S2. The third-order valence-corrected chi connectivity index (χ3v) is 9.90. The van der Waals surface area contributed by atoms with Gasteiger partial charge in [-0.05, 0) is 51.0 Å². The Kier molecular flexibility index (Phi) is 6.90. The van der Waals surface area contributed by atoms with Crippen LogP contribution in [0.25, 0.3) is 0 Å². The number of carbonyl (C=O) groups is 1. The SMILES string of the molecule is Cc1ccc(S(=O)(=O)N2CCC(C(=O)NN=C3CN(S(=O)(=O)c4ccc(C)cc4)C3)CC2)cc1. The number of piperidine rings is 1. The first kappa shape index (κ1) is 24.5. The third-order valence-electron chi connectivity index (χ3n) is 6.18. The molecule has 2 aromatic rings. The lowest BCUT2D eigenvalue weighted by Gasteiger charge is -2.32. The molecule has 1 N–H and O–H groups in total. The molecule has 2 fully saturated rings. The van der Waals surface area contributed by atoms with Gasteiger partial charge in [0.05, 0.1) is 28.6 Å². The average molecular weight is 505 g/mol. The molecule has 0 aromatic heterocycles. The summed E-state index contributed by atoms with van der Waals surface area (Å²) in [5.74, 6) is -0.624. The standard InChI is InChI=1S/C23H28N4O5S2/c1-17-3-7-21(8-4-17)33(29,30)26-13-11-19(12-14-26)23(28)25-24-20-15-27(16-20)34(31,32)22-9-5-18(2)6-10-22/h3-10,19H,11-16H2,1-2H3,(H,25,28). The van der Waals surface area contributed by atoms with Crippen molar-refractivity contribution in [3.63, 3.8) is 0 Å². The summed E-state index contributed by atoms with van der Waals surface area (Å²) in [6, 6.07) is 13.4. The number of rotatable bonds is 6. The van der Waals surface area contributed by atoms with Gasteiger partial charge in [0, 0.05) is 19.0 Å². The van der Waals surface area contributed by atoms with E-state index in [0.29, 0.717) is 18.6 Å². The van der Waals surface area contributed by atoms with Gasteiger partial charge in [-0.25, -0.2) is 22.3 Å². The highest BCUT2D eigenvalue weighted by molar-refractivity contribution is 7.89. The fourth-order valence-electron chi connectivity index (χ4n) is 3.90. The molecule has 0 aliphatic carbocycles. The van der Waals surface area contributed by atoms with Crippen molar-refractivity contribution in [1.82, 2.24) is 14.0 Å². The van der Waals surface area contributed by atoms with E-state index in [1.807, 2.05) is 13.8 Å². The molecule has 0 unspecified atom stereocenters. The Morgan fingerprint density at radius 1 is 0.794 bits per heavy atom. The molecule has 0 spiro atoms. The average Bonchev–Trinajstić information content (AvgIpc) is 2.78. The van der Waals surface area contributed by atoms with Gasteiger partial charge in [-0.15, -0.1) is 0 Å². The number of aryl methyl sites for hydroxylation is 2. The van der Waals surface area contributed by atoms with E-state index in [0.717, 1.165) is 11.1 Å². The van der Waals surface area contributed by atoms with Gasteiger partial charge in [-0.2, -0.15) is 13.7 Å². The number of carbonyl (C=O) groups excluding carboxylic acids is 1. The van der Waals surface area contributed by atoms with Gasteiger partial charge in [0.1, 0.15) is 0 Å². The van der Waals surface area contributed by atoms with Gasteiger partial charge in [-0.3, -0.25) is 4.79 Å². The van der Waals surface area contributed by atoms with Crippen LogP contribution in [0.3, 0.4) is 0 Å². The maximum atomic E-state index is 12.8. The molecule has 0 saturated carbocycles. The highest BCUT2D eigenvalue weighted by atomic mass is 32.2. The van der Waals surface area contributed by atoms with Crippen LogP contribution < -0.4 is 5.43 Å². The predicted molar refractivity (Wildman–Crippen MR) is 128 cm³/mol. The Bertz CT molecular complexity index is 1290.